The van der Waals surface area contributed by atoms with Gasteiger partial charge in [0.25, 0.3) is 5.91 Å². The van der Waals surface area contributed by atoms with E-state index in [1.807, 2.05) is 18.2 Å². The van der Waals surface area contributed by atoms with Crippen LogP contribution in [0.5, 0.6) is 0 Å². The number of anilines is 1. The number of thiazole rings is 1. The predicted octanol–water partition coefficient (Wildman–Crippen LogP) is 6.75. The van der Waals surface area contributed by atoms with Crippen LogP contribution in [0.25, 0.3) is 21.7 Å². The Hall–Kier alpha value is -2.47. The molecule has 0 saturated carbocycles. The molecule has 2 heterocycles. The van der Waals surface area contributed by atoms with Crippen LogP contribution in [0.15, 0.2) is 66.7 Å². The van der Waals surface area contributed by atoms with Crippen molar-refractivity contribution in [2.45, 2.75) is 6.92 Å². The van der Waals surface area contributed by atoms with Gasteiger partial charge in [0.05, 0.1) is 19.8 Å². The Labute approximate surface area is 170 Å². The minimum atomic E-state index is -0.198. The number of amides is 1. The fourth-order valence-corrected chi connectivity index (χ4v) is 4.59. The molecule has 4 aromatic rings. The summed E-state index contributed by atoms with van der Waals surface area (Å²) in [5.41, 5.74) is 4.16. The molecule has 0 aliphatic carbocycles. The van der Waals surface area contributed by atoms with Gasteiger partial charge in [-0.1, -0.05) is 83.1 Å². The molecule has 134 valence electrons. The number of benzene rings is 2. The summed E-state index contributed by atoms with van der Waals surface area (Å²) >= 11 is 8.66. The van der Waals surface area contributed by atoms with Gasteiger partial charge in [-0.05, 0) is 24.6 Å². The van der Waals surface area contributed by atoms with Crippen LogP contribution >= 0.6 is 34.3 Å². The van der Waals surface area contributed by atoms with E-state index in [-0.39, 0.29) is 5.91 Å². The fraction of sp³-hybridized carbons (Fsp3) is 0.0476. The highest BCUT2D eigenvalue weighted by atomic mass is 35.5. The molecule has 6 heteroatoms. The van der Waals surface area contributed by atoms with Crippen molar-refractivity contribution < 1.29 is 4.79 Å². The summed E-state index contributed by atoms with van der Waals surface area (Å²) in [7, 11) is 0. The van der Waals surface area contributed by atoms with Gasteiger partial charge in [0.15, 0.2) is 5.13 Å². The highest BCUT2D eigenvalue weighted by Gasteiger charge is 2.17. The number of hydrogen-bond donors (Lipinski definition) is 1. The Morgan fingerprint density at radius 2 is 1.67 bits per heavy atom. The Kier molecular flexibility index (Phi) is 5.07. The van der Waals surface area contributed by atoms with Gasteiger partial charge in [0.2, 0.25) is 0 Å². The number of halogens is 1. The molecule has 0 aliphatic heterocycles. The average molecular weight is 411 g/mol. The molecule has 0 saturated heterocycles. The molecule has 0 radical (unpaired) electrons. The number of hydrogen-bond acceptors (Lipinski definition) is 4. The van der Waals surface area contributed by atoms with Crippen LogP contribution in [0.2, 0.25) is 4.34 Å². The lowest BCUT2D eigenvalue weighted by Gasteiger charge is -2.03. The zero-order valence-corrected chi connectivity index (χ0v) is 16.8. The number of nitrogens with one attached hydrogen (secondary N) is 1. The second kappa shape index (κ2) is 7.64. The Morgan fingerprint density at radius 3 is 2.33 bits per heavy atom. The van der Waals surface area contributed by atoms with E-state index in [0.29, 0.717) is 14.3 Å². The first kappa shape index (κ1) is 17.9. The van der Waals surface area contributed by atoms with Crippen LogP contribution in [0.3, 0.4) is 0 Å². The average Bonchev–Trinajstić information content (AvgIpc) is 3.30. The van der Waals surface area contributed by atoms with Gasteiger partial charge in [0.1, 0.15) is 0 Å². The maximum absolute atomic E-state index is 12.5. The van der Waals surface area contributed by atoms with Crippen molar-refractivity contribution in [3.8, 4) is 21.7 Å². The van der Waals surface area contributed by atoms with Crippen LogP contribution in [0.1, 0.15) is 15.2 Å². The van der Waals surface area contributed by atoms with Gasteiger partial charge in [-0.25, -0.2) is 4.98 Å². The van der Waals surface area contributed by atoms with Crippen molar-refractivity contribution in [3.05, 3.63) is 81.5 Å². The minimum Gasteiger partial charge on any atom is -0.297 e. The van der Waals surface area contributed by atoms with E-state index in [1.165, 1.54) is 28.2 Å². The molecule has 4 rings (SSSR count). The Bertz CT molecular complexity index is 1090. The molecule has 0 aliphatic rings. The third-order valence-electron chi connectivity index (χ3n) is 4.01. The van der Waals surface area contributed by atoms with Crippen molar-refractivity contribution in [1.82, 2.24) is 4.98 Å². The van der Waals surface area contributed by atoms with Crippen LogP contribution in [0, 0.1) is 6.92 Å². The third-order valence-corrected chi connectivity index (χ3v) is 6.26. The number of carbonyl (C=O) groups excluding carboxylic acids is 1. The summed E-state index contributed by atoms with van der Waals surface area (Å²) in [5.74, 6) is -0.198. The lowest BCUT2D eigenvalue weighted by Crippen LogP contribution is -2.09. The number of aryl methyl sites for hydroxylation is 1. The zero-order valence-electron chi connectivity index (χ0n) is 14.4. The molecule has 3 nitrogen and oxygen atoms in total. The maximum Gasteiger partial charge on any atom is 0.267 e. The Balaban J connectivity index is 1.73. The summed E-state index contributed by atoms with van der Waals surface area (Å²) in [4.78, 5) is 18.8. The number of aromatic nitrogens is 1. The second-order valence-corrected chi connectivity index (χ2v) is 8.70. The molecule has 2 aromatic carbocycles. The molecule has 0 atom stereocenters. The lowest BCUT2D eigenvalue weighted by molar-refractivity contribution is 0.103. The van der Waals surface area contributed by atoms with Crippen LogP contribution in [-0.4, -0.2) is 10.9 Å². The smallest absolute Gasteiger partial charge is 0.267 e. The number of carbonyl (C=O) groups is 1. The van der Waals surface area contributed by atoms with Crippen molar-refractivity contribution in [2.24, 2.45) is 0 Å². The molecule has 0 fully saturated rings. The highest BCUT2D eigenvalue weighted by Crippen LogP contribution is 2.39. The Morgan fingerprint density at radius 1 is 0.926 bits per heavy atom. The monoisotopic (exact) mass is 410 g/mol. The largest absolute Gasteiger partial charge is 0.297 e. The normalized spacial score (nSPS) is 10.7. The zero-order chi connectivity index (χ0) is 18.8. The molecule has 1 N–H and O–H groups in total. The lowest BCUT2D eigenvalue weighted by atomic mass is 10.1. The van der Waals surface area contributed by atoms with Gasteiger partial charge >= 0.3 is 0 Å². The second-order valence-electron chi connectivity index (χ2n) is 5.99. The SMILES string of the molecule is Cc1ccc(-c2nc(NC(=O)c3ccc(Cl)s3)sc2-c2ccccc2)cc1. The van der Waals surface area contributed by atoms with E-state index in [9.17, 15) is 4.79 Å². The predicted molar refractivity (Wildman–Crippen MR) is 115 cm³/mol. The first-order valence-electron chi connectivity index (χ1n) is 8.30. The maximum atomic E-state index is 12.5. The van der Waals surface area contributed by atoms with E-state index in [4.69, 9.17) is 16.6 Å². The summed E-state index contributed by atoms with van der Waals surface area (Å²) in [6.07, 6.45) is 0. The molecular formula is C21H15ClN2OS2. The first-order chi connectivity index (χ1) is 13.1. The molecule has 0 spiro atoms. The molecule has 0 bridgehead atoms. The highest BCUT2D eigenvalue weighted by molar-refractivity contribution is 7.20. The number of rotatable bonds is 4. The van der Waals surface area contributed by atoms with Crippen molar-refractivity contribution >= 4 is 45.3 Å². The van der Waals surface area contributed by atoms with Crippen LogP contribution in [0.4, 0.5) is 5.13 Å². The van der Waals surface area contributed by atoms with E-state index < -0.39 is 0 Å². The summed E-state index contributed by atoms with van der Waals surface area (Å²) < 4.78 is 0.588. The van der Waals surface area contributed by atoms with Crippen LogP contribution in [-0.2, 0) is 0 Å². The first-order valence-corrected chi connectivity index (χ1v) is 10.3. The van der Waals surface area contributed by atoms with E-state index >= 15 is 0 Å². The minimum absolute atomic E-state index is 0.198. The quantitative estimate of drug-likeness (QED) is 0.404. The van der Waals surface area contributed by atoms with Gasteiger partial charge in [-0.3, -0.25) is 10.1 Å². The topological polar surface area (TPSA) is 42.0 Å². The van der Waals surface area contributed by atoms with Crippen molar-refractivity contribution in [1.29, 1.82) is 0 Å². The summed E-state index contributed by atoms with van der Waals surface area (Å²) in [6.45, 7) is 2.06. The molecule has 2 aromatic heterocycles. The molecular weight excluding hydrogens is 396 g/mol. The van der Waals surface area contributed by atoms with Gasteiger partial charge in [-0.2, -0.15) is 0 Å². The van der Waals surface area contributed by atoms with E-state index in [0.717, 1.165) is 21.7 Å². The molecule has 27 heavy (non-hydrogen) atoms. The van der Waals surface area contributed by atoms with E-state index in [2.05, 4.69) is 48.6 Å². The summed E-state index contributed by atoms with van der Waals surface area (Å²) in [5, 5.41) is 3.47. The van der Waals surface area contributed by atoms with E-state index in [1.54, 1.807) is 12.1 Å². The number of thiophene rings is 1. The fourth-order valence-electron chi connectivity index (χ4n) is 2.66. The van der Waals surface area contributed by atoms with Crippen LogP contribution < -0.4 is 5.32 Å². The van der Waals surface area contributed by atoms with Gasteiger partial charge in [0, 0.05) is 5.56 Å². The standard InChI is InChI=1S/C21H15ClN2OS2/c1-13-7-9-14(10-8-13)18-19(15-5-3-2-4-6-15)27-21(23-18)24-20(25)16-11-12-17(22)26-16/h2-12H,1H3,(H,23,24,25). The number of nitrogens with zero attached hydrogens (tertiary/aromatic N) is 1. The third kappa shape index (κ3) is 3.95. The van der Waals surface area contributed by atoms with Gasteiger partial charge < -0.3 is 0 Å². The van der Waals surface area contributed by atoms with Gasteiger partial charge in [-0.15, -0.1) is 11.3 Å². The van der Waals surface area contributed by atoms with Crippen molar-refractivity contribution in [2.75, 3.05) is 5.32 Å². The van der Waals surface area contributed by atoms with Crippen molar-refractivity contribution in [3.63, 3.8) is 0 Å². The molecule has 0 unspecified atom stereocenters. The molecule has 1 amide bonds. The summed E-state index contributed by atoms with van der Waals surface area (Å²) in [6, 6.07) is 21.8.